The number of aryl methyl sites for hydroxylation is 1. The van der Waals surface area contributed by atoms with E-state index in [9.17, 15) is 14.7 Å². The molecule has 0 fully saturated rings. The number of nitrogens with one attached hydrogen (secondary N) is 1. The predicted octanol–water partition coefficient (Wildman–Crippen LogP) is 5.35. The zero-order valence-electron chi connectivity index (χ0n) is 20.8. The molecule has 0 saturated heterocycles. The smallest absolute Gasteiger partial charge is 0.333 e. The summed E-state index contributed by atoms with van der Waals surface area (Å²) in [6.07, 6.45) is -0.546. The fourth-order valence-electron chi connectivity index (χ4n) is 3.75. The highest BCUT2D eigenvalue weighted by atomic mass is 32.1. The van der Waals surface area contributed by atoms with Crippen molar-refractivity contribution in [1.29, 1.82) is 0 Å². The molecule has 0 saturated carbocycles. The lowest BCUT2D eigenvalue weighted by Crippen LogP contribution is -2.26. The molecule has 2 aromatic carbocycles. The maximum Gasteiger partial charge on any atom is 0.333 e. The Kier molecular flexibility index (Phi) is 8.37. The van der Waals surface area contributed by atoms with Gasteiger partial charge in [-0.1, -0.05) is 41.6 Å². The minimum atomic E-state index is -0.964. The van der Waals surface area contributed by atoms with Crippen LogP contribution in [-0.2, 0) is 22.6 Å². The van der Waals surface area contributed by atoms with Gasteiger partial charge in [0, 0.05) is 41.5 Å². The van der Waals surface area contributed by atoms with E-state index in [2.05, 4.69) is 23.5 Å². The Morgan fingerprint density at radius 2 is 1.78 bits per heavy atom. The van der Waals surface area contributed by atoms with Crippen LogP contribution in [0.3, 0.4) is 0 Å². The van der Waals surface area contributed by atoms with Gasteiger partial charge in [-0.05, 0) is 48.7 Å². The summed E-state index contributed by atoms with van der Waals surface area (Å²) in [6, 6.07) is 19.1. The number of rotatable bonds is 11. The van der Waals surface area contributed by atoms with Gasteiger partial charge in [-0.2, -0.15) is 0 Å². The summed E-state index contributed by atoms with van der Waals surface area (Å²) < 4.78 is 16.6. The zero-order valence-corrected chi connectivity index (χ0v) is 21.6. The van der Waals surface area contributed by atoms with E-state index in [1.807, 2.05) is 48.5 Å². The molecular weight excluding hydrogens is 492 g/mol. The van der Waals surface area contributed by atoms with E-state index in [1.54, 1.807) is 31.4 Å². The van der Waals surface area contributed by atoms with Crippen molar-refractivity contribution in [3.8, 4) is 27.5 Å². The summed E-state index contributed by atoms with van der Waals surface area (Å²) in [5.74, 6) is -0.00778. The number of ether oxygens (including phenoxy) is 2. The summed E-state index contributed by atoms with van der Waals surface area (Å²) >= 11 is 1.67. The Bertz CT molecular complexity index is 1360. The first kappa shape index (κ1) is 26.1. The van der Waals surface area contributed by atoms with Crippen LogP contribution in [0.1, 0.15) is 33.4 Å². The highest BCUT2D eigenvalue weighted by molar-refractivity contribution is 7.15. The van der Waals surface area contributed by atoms with Gasteiger partial charge in [0.1, 0.15) is 12.4 Å². The van der Waals surface area contributed by atoms with Crippen LogP contribution in [0.25, 0.3) is 21.8 Å². The fraction of sp³-hybridized carbons (Fsp3) is 0.250. The van der Waals surface area contributed by atoms with Crippen molar-refractivity contribution in [2.24, 2.45) is 0 Å². The van der Waals surface area contributed by atoms with Crippen LogP contribution in [0.15, 0.2) is 65.2 Å². The molecule has 4 rings (SSSR count). The molecule has 37 heavy (non-hydrogen) atoms. The highest BCUT2D eigenvalue weighted by Crippen LogP contribution is 2.33. The van der Waals surface area contributed by atoms with Gasteiger partial charge < -0.3 is 24.4 Å². The first-order valence-corrected chi connectivity index (χ1v) is 12.6. The summed E-state index contributed by atoms with van der Waals surface area (Å²) in [5, 5.41) is 15.6. The van der Waals surface area contributed by atoms with Gasteiger partial charge in [-0.15, -0.1) is 11.3 Å². The number of aliphatic carboxylic acids is 1. The maximum atomic E-state index is 11.7. The van der Waals surface area contributed by atoms with E-state index in [4.69, 9.17) is 14.0 Å². The van der Waals surface area contributed by atoms with Crippen LogP contribution in [0.4, 0.5) is 0 Å². The molecule has 1 amide bonds. The van der Waals surface area contributed by atoms with E-state index in [1.165, 1.54) is 0 Å². The van der Waals surface area contributed by atoms with Gasteiger partial charge in [0.05, 0.1) is 0 Å². The van der Waals surface area contributed by atoms with E-state index >= 15 is 0 Å². The van der Waals surface area contributed by atoms with Gasteiger partial charge in [0.2, 0.25) is 0 Å². The van der Waals surface area contributed by atoms with Gasteiger partial charge >= 0.3 is 5.97 Å². The largest absolute Gasteiger partial charge is 0.488 e. The molecule has 0 aliphatic rings. The molecule has 1 atom stereocenters. The average Bonchev–Trinajstić information content (AvgIpc) is 3.55. The molecule has 0 bridgehead atoms. The van der Waals surface area contributed by atoms with Crippen molar-refractivity contribution in [2.75, 3.05) is 13.7 Å². The summed E-state index contributed by atoms with van der Waals surface area (Å²) in [7, 11) is 1.55. The maximum absolute atomic E-state index is 11.7. The van der Waals surface area contributed by atoms with Crippen molar-refractivity contribution in [3.05, 3.63) is 82.4 Å². The van der Waals surface area contributed by atoms with Crippen molar-refractivity contribution in [1.82, 2.24) is 10.5 Å². The first-order valence-electron chi connectivity index (χ1n) is 11.8. The second kappa shape index (κ2) is 11.9. The lowest BCUT2D eigenvalue weighted by atomic mass is 10.1. The topological polar surface area (TPSA) is 111 Å². The van der Waals surface area contributed by atoms with Gasteiger partial charge in [0.25, 0.3) is 5.91 Å². The third kappa shape index (κ3) is 6.44. The molecule has 1 unspecified atom stereocenters. The number of hydrogen-bond donors (Lipinski definition) is 2. The number of thiophene rings is 1. The highest BCUT2D eigenvalue weighted by Gasteiger charge is 2.18. The number of amides is 1. The number of carbonyl (C=O) groups is 2. The van der Waals surface area contributed by atoms with Gasteiger partial charge in [-0.3, -0.25) is 4.79 Å². The van der Waals surface area contributed by atoms with E-state index < -0.39 is 12.1 Å². The molecule has 192 valence electrons. The number of carboxylic acid groups (broad SMARTS) is 1. The van der Waals surface area contributed by atoms with Crippen molar-refractivity contribution >= 4 is 23.2 Å². The standard InChI is InChI=1S/C28H28N2O6S/c1-4-34-24(28(32)33)14-18-5-11-21(12-6-18)35-16-26-17(2)13-25(37-26)20-9-7-19(8-10-20)23-15-22(30-36-23)27(31)29-3/h5-13,15,24H,4,14,16H2,1-3H3,(H,29,31)(H,32,33). The van der Waals surface area contributed by atoms with E-state index in [0.29, 0.717) is 31.1 Å². The minimum absolute atomic E-state index is 0.240. The molecule has 0 spiro atoms. The molecule has 2 heterocycles. The van der Waals surface area contributed by atoms with Crippen LogP contribution in [0, 0.1) is 6.92 Å². The van der Waals surface area contributed by atoms with Gasteiger partial charge in [0.15, 0.2) is 17.6 Å². The molecule has 0 aliphatic carbocycles. The Morgan fingerprint density at radius 3 is 2.43 bits per heavy atom. The molecule has 0 aliphatic heterocycles. The lowest BCUT2D eigenvalue weighted by molar-refractivity contribution is -0.149. The third-order valence-corrected chi connectivity index (χ3v) is 7.06. The molecular formula is C28H28N2O6S. The number of carbonyl (C=O) groups excluding carboxylic acids is 1. The van der Waals surface area contributed by atoms with E-state index in [0.717, 1.165) is 32.0 Å². The first-order chi connectivity index (χ1) is 17.9. The number of benzene rings is 2. The van der Waals surface area contributed by atoms with Crippen LogP contribution in [0.2, 0.25) is 0 Å². The minimum Gasteiger partial charge on any atom is -0.488 e. The second-order valence-corrected chi connectivity index (χ2v) is 9.51. The Balaban J connectivity index is 1.38. The fourth-order valence-corrected chi connectivity index (χ4v) is 4.85. The number of nitrogens with zero attached hydrogens (tertiary/aromatic N) is 1. The van der Waals surface area contributed by atoms with Crippen LogP contribution in [-0.4, -0.2) is 41.9 Å². The Labute approximate surface area is 218 Å². The quantitative estimate of drug-likeness (QED) is 0.274. The molecule has 4 aromatic rings. The Morgan fingerprint density at radius 1 is 1.08 bits per heavy atom. The number of hydrogen-bond acceptors (Lipinski definition) is 7. The van der Waals surface area contributed by atoms with Crippen LogP contribution in [0.5, 0.6) is 5.75 Å². The number of carboxylic acids is 1. The van der Waals surface area contributed by atoms with Crippen LogP contribution < -0.4 is 10.1 Å². The van der Waals surface area contributed by atoms with Crippen molar-refractivity contribution in [2.45, 2.75) is 33.0 Å². The van der Waals surface area contributed by atoms with Crippen molar-refractivity contribution < 1.29 is 28.7 Å². The van der Waals surface area contributed by atoms with Gasteiger partial charge in [-0.25, -0.2) is 4.79 Å². The lowest BCUT2D eigenvalue weighted by Gasteiger charge is -2.13. The molecule has 2 N–H and O–H groups in total. The summed E-state index contributed by atoms with van der Waals surface area (Å²) in [4.78, 5) is 25.3. The normalized spacial score (nSPS) is 11.8. The molecule has 2 aromatic heterocycles. The van der Waals surface area contributed by atoms with E-state index in [-0.39, 0.29) is 11.6 Å². The molecule has 0 radical (unpaired) electrons. The Hall–Kier alpha value is -3.95. The predicted molar refractivity (Wildman–Crippen MR) is 141 cm³/mol. The summed E-state index contributed by atoms with van der Waals surface area (Å²) in [5.41, 5.74) is 4.17. The average molecular weight is 521 g/mol. The monoisotopic (exact) mass is 520 g/mol. The molecule has 8 nitrogen and oxygen atoms in total. The third-order valence-electron chi connectivity index (χ3n) is 5.80. The zero-order chi connectivity index (χ0) is 26.4. The summed E-state index contributed by atoms with van der Waals surface area (Å²) in [6.45, 7) is 4.63. The van der Waals surface area contributed by atoms with Crippen molar-refractivity contribution in [3.63, 3.8) is 0 Å². The number of aromatic nitrogens is 1. The second-order valence-electron chi connectivity index (χ2n) is 8.37. The SMILES string of the molecule is CCOC(Cc1ccc(OCc2sc(-c3ccc(-c4cc(C(=O)NC)no4)cc3)cc2C)cc1)C(=O)O. The molecule has 9 heteroatoms. The van der Waals surface area contributed by atoms with Crippen LogP contribution >= 0.6 is 11.3 Å².